The minimum atomic E-state index is -0.227. The zero-order valence-electron chi connectivity index (χ0n) is 17.4. The first kappa shape index (κ1) is 20.1. The predicted octanol–water partition coefficient (Wildman–Crippen LogP) is 3.40. The van der Waals surface area contributed by atoms with Gasteiger partial charge in [-0.25, -0.2) is 4.68 Å². The summed E-state index contributed by atoms with van der Waals surface area (Å²) < 4.78 is 1.31. The van der Waals surface area contributed by atoms with Gasteiger partial charge in [0.15, 0.2) is 5.82 Å². The number of nitrogens with zero attached hydrogens (tertiary/aromatic N) is 3. The van der Waals surface area contributed by atoms with Crippen molar-refractivity contribution < 1.29 is 4.79 Å². The number of benzene rings is 2. The van der Waals surface area contributed by atoms with Gasteiger partial charge in [0.05, 0.1) is 5.39 Å². The summed E-state index contributed by atoms with van der Waals surface area (Å²) in [7, 11) is 0. The SMILES string of the molecule is Cc1ccc(CNC(=O)Cn2nc(N3CCCCCC3)c3ccccc3c2=O)cc1. The van der Waals surface area contributed by atoms with Crippen molar-refractivity contribution in [2.24, 2.45) is 0 Å². The Bertz CT molecular complexity index is 1080. The van der Waals surface area contributed by atoms with E-state index in [1.807, 2.05) is 55.5 Å². The molecule has 1 amide bonds. The van der Waals surface area contributed by atoms with Crippen molar-refractivity contribution in [2.75, 3.05) is 18.0 Å². The van der Waals surface area contributed by atoms with Crippen LogP contribution >= 0.6 is 0 Å². The van der Waals surface area contributed by atoms with Gasteiger partial charge in [0.1, 0.15) is 6.54 Å². The third-order valence-corrected chi connectivity index (χ3v) is 5.66. The highest BCUT2D eigenvalue weighted by Gasteiger charge is 2.18. The molecule has 0 atom stereocenters. The van der Waals surface area contributed by atoms with E-state index in [1.54, 1.807) is 0 Å². The summed E-state index contributed by atoms with van der Waals surface area (Å²) >= 11 is 0. The largest absolute Gasteiger partial charge is 0.355 e. The van der Waals surface area contributed by atoms with Gasteiger partial charge in [0.2, 0.25) is 5.91 Å². The monoisotopic (exact) mass is 404 g/mol. The fourth-order valence-corrected chi connectivity index (χ4v) is 3.94. The van der Waals surface area contributed by atoms with E-state index in [0.717, 1.165) is 42.7 Å². The van der Waals surface area contributed by atoms with Crippen LogP contribution in [0.4, 0.5) is 5.82 Å². The standard InChI is InChI=1S/C24H28N4O2/c1-18-10-12-19(13-11-18)16-25-22(29)17-28-24(30)21-9-5-4-8-20(21)23(26-28)27-14-6-2-3-7-15-27/h4-5,8-13H,2-3,6-7,14-17H2,1H3,(H,25,29). The fourth-order valence-electron chi connectivity index (χ4n) is 3.94. The molecule has 3 aromatic rings. The van der Waals surface area contributed by atoms with Crippen molar-refractivity contribution in [1.29, 1.82) is 0 Å². The number of anilines is 1. The summed E-state index contributed by atoms with van der Waals surface area (Å²) in [5, 5.41) is 9.01. The van der Waals surface area contributed by atoms with Crippen molar-refractivity contribution in [1.82, 2.24) is 15.1 Å². The molecule has 2 heterocycles. The highest BCUT2D eigenvalue weighted by Crippen LogP contribution is 2.24. The summed E-state index contributed by atoms with van der Waals surface area (Å²) in [5.74, 6) is 0.584. The zero-order chi connectivity index (χ0) is 20.9. The lowest BCUT2D eigenvalue weighted by Crippen LogP contribution is -2.35. The van der Waals surface area contributed by atoms with Gasteiger partial charge in [0.25, 0.3) is 5.56 Å². The number of hydrogen-bond acceptors (Lipinski definition) is 4. The lowest BCUT2D eigenvalue weighted by atomic mass is 10.1. The Hall–Kier alpha value is -3.15. The van der Waals surface area contributed by atoms with Gasteiger partial charge in [-0.15, -0.1) is 0 Å². The molecule has 0 saturated carbocycles. The third-order valence-electron chi connectivity index (χ3n) is 5.66. The Balaban J connectivity index is 1.58. The van der Waals surface area contributed by atoms with E-state index in [0.29, 0.717) is 11.9 Å². The number of carbonyl (C=O) groups is 1. The molecule has 30 heavy (non-hydrogen) atoms. The molecule has 0 unspecified atom stereocenters. The molecular weight excluding hydrogens is 376 g/mol. The van der Waals surface area contributed by atoms with Gasteiger partial charge in [-0.3, -0.25) is 9.59 Å². The van der Waals surface area contributed by atoms with Gasteiger partial charge < -0.3 is 10.2 Å². The first-order valence-corrected chi connectivity index (χ1v) is 10.7. The average Bonchev–Trinajstić information content (AvgIpc) is 3.05. The topological polar surface area (TPSA) is 67.2 Å². The Kier molecular flexibility index (Phi) is 6.12. The van der Waals surface area contributed by atoms with E-state index in [1.165, 1.54) is 23.1 Å². The van der Waals surface area contributed by atoms with Crippen LogP contribution in [0, 0.1) is 6.92 Å². The van der Waals surface area contributed by atoms with Gasteiger partial charge in [-0.05, 0) is 31.4 Å². The Labute approximate surface area is 176 Å². The molecule has 0 aliphatic carbocycles. The number of fused-ring (bicyclic) bond motifs is 1. The highest BCUT2D eigenvalue weighted by molar-refractivity contribution is 5.91. The first-order valence-electron chi connectivity index (χ1n) is 10.7. The van der Waals surface area contributed by atoms with Crippen LogP contribution in [-0.2, 0) is 17.9 Å². The first-order chi connectivity index (χ1) is 14.6. The van der Waals surface area contributed by atoms with Crippen molar-refractivity contribution in [2.45, 2.75) is 45.7 Å². The molecule has 1 saturated heterocycles. The van der Waals surface area contributed by atoms with Crippen molar-refractivity contribution in [3.63, 3.8) is 0 Å². The number of aryl methyl sites for hydroxylation is 1. The van der Waals surface area contributed by atoms with E-state index in [-0.39, 0.29) is 18.0 Å². The molecule has 1 aliphatic heterocycles. The number of rotatable bonds is 5. The van der Waals surface area contributed by atoms with E-state index < -0.39 is 0 Å². The molecule has 0 spiro atoms. The van der Waals surface area contributed by atoms with E-state index in [2.05, 4.69) is 15.3 Å². The fraction of sp³-hybridized carbons (Fsp3) is 0.375. The molecule has 0 radical (unpaired) electrons. The van der Waals surface area contributed by atoms with Crippen LogP contribution in [0.5, 0.6) is 0 Å². The van der Waals surface area contributed by atoms with E-state index >= 15 is 0 Å². The van der Waals surface area contributed by atoms with Crippen LogP contribution in [0.3, 0.4) is 0 Å². The number of hydrogen-bond donors (Lipinski definition) is 1. The smallest absolute Gasteiger partial charge is 0.275 e. The quantitative estimate of drug-likeness (QED) is 0.708. The molecule has 1 aromatic heterocycles. The summed E-state index contributed by atoms with van der Waals surface area (Å²) in [4.78, 5) is 27.8. The van der Waals surface area contributed by atoms with Gasteiger partial charge in [-0.1, -0.05) is 60.9 Å². The molecule has 2 aromatic carbocycles. The molecule has 1 aliphatic rings. The minimum Gasteiger partial charge on any atom is -0.355 e. The van der Waals surface area contributed by atoms with E-state index in [4.69, 9.17) is 0 Å². The zero-order valence-corrected chi connectivity index (χ0v) is 17.4. The molecule has 1 fully saturated rings. The molecular formula is C24H28N4O2. The number of amides is 1. The van der Waals surface area contributed by atoms with Crippen LogP contribution in [0.25, 0.3) is 10.8 Å². The summed E-state index contributed by atoms with van der Waals surface area (Å²) in [6.07, 6.45) is 4.67. The maximum Gasteiger partial charge on any atom is 0.275 e. The van der Waals surface area contributed by atoms with Gasteiger partial charge in [-0.2, -0.15) is 5.10 Å². The van der Waals surface area contributed by atoms with Crippen molar-refractivity contribution >= 4 is 22.5 Å². The van der Waals surface area contributed by atoms with Crippen LogP contribution in [0.2, 0.25) is 0 Å². The summed E-state index contributed by atoms with van der Waals surface area (Å²) in [5.41, 5.74) is 1.98. The number of carbonyl (C=O) groups excluding carboxylic acids is 1. The van der Waals surface area contributed by atoms with Gasteiger partial charge in [0, 0.05) is 25.0 Å². The molecule has 6 nitrogen and oxygen atoms in total. The average molecular weight is 405 g/mol. The van der Waals surface area contributed by atoms with Crippen LogP contribution in [-0.4, -0.2) is 28.8 Å². The lowest BCUT2D eigenvalue weighted by molar-refractivity contribution is -0.122. The van der Waals surface area contributed by atoms with Crippen LogP contribution in [0.1, 0.15) is 36.8 Å². The minimum absolute atomic E-state index is 0.0869. The Morgan fingerprint density at radius 1 is 0.967 bits per heavy atom. The lowest BCUT2D eigenvalue weighted by Gasteiger charge is -2.23. The Morgan fingerprint density at radius 3 is 2.33 bits per heavy atom. The normalized spacial score (nSPS) is 14.5. The Morgan fingerprint density at radius 2 is 1.63 bits per heavy atom. The van der Waals surface area contributed by atoms with Crippen LogP contribution in [0.15, 0.2) is 53.3 Å². The molecule has 1 N–H and O–H groups in total. The molecule has 156 valence electrons. The summed E-state index contributed by atoms with van der Waals surface area (Å²) in [6, 6.07) is 15.6. The van der Waals surface area contributed by atoms with Crippen molar-refractivity contribution in [3.05, 3.63) is 70.0 Å². The highest BCUT2D eigenvalue weighted by atomic mass is 16.2. The second kappa shape index (κ2) is 9.11. The number of aromatic nitrogens is 2. The molecule has 4 rings (SSSR count). The number of nitrogens with one attached hydrogen (secondary N) is 1. The predicted molar refractivity (Wildman–Crippen MR) is 120 cm³/mol. The second-order valence-corrected chi connectivity index (χ2v) is 8.00. The molecule has 6 heteroatoms. The van der Waals surface area contributed by atoms with E-state index in [9.17, 15) is 9.59 Å². The van der Waals surface area contributed by atoms with Crippen molar-refractivity contribution in [3.8, 4) is 0 Å². The maximum absolute atomic E-state index is 13.0. The maximum atomic E-state index is 13.0. The second-order valence-electron chi connectivity index (χ2n) is 8.00. The molecule has 0 bridgehead atoms. The van der Waals surface area contributed by atoms with Gasteiger partial charge >= 0.3 is 0 Å². The third kappa shape index (κ3) is 4.53. The summed E-state index contributed by atoms with van der Waals surface area (Å²) in [6.45, 7) is 4.22. The van der Waals surface area contributed by atoms with Crippen LogP contribution < -0.4 is 15.8 Å².